The third kappa shape index (κ3) is 3.40. The van der Waals surface area contributed by atoms with Crippen LogP contribution in [0, 0.1) is 0 Å². The van der Waals surface area contributed by atoms with E-state index in [2.05, 4.69) is 0 Å². The Bertz CT molecular complexity index is 1270. The van der Waals surface area contributed by atoms with Gasteiger partial charge in [-0.2, -0.15) is 0 Å². The highest BCUT2D eigenvalue weighted by Gasteiger charge is 2.19. The predicted molar refractivity (Wildman–Crippen MR) is 111 cm³/mol. The Kier molecular flexibility index (Phi) is 4.68. The fourth-order valence-corrected chi connectivity index (χ4v) is 3.39. The van der Waals surface area contributed by atoms with Crippen molar-refractivity contribution in [3.63, 3.8) is 0 Å². The standard InChI is InChI=1S/C23H20N2O4/c1-15(26)28-21-13-18-19(14-24(2)23(27)22(18)25(21)3)17-11-7-8-12-20(17)29-16-9-5-4-6-10-16/h4-14H,1-3H3. The number of fused-ring (bicyclic) bond motifs is 1. The molecule has 29 heavy (non-hydrogen) atoms. The van der Waals surface area contributed by atoms with Gasteiger partial charge in [0.25, 0.3) is 5.56 Å². The summed E-state index contributed by atoms with van der Waals surface area (Å²) in [5.41, 5.74) is 1.92. The maximum atomic E-state index is 12.8. The van der Waals surface area contributed by atoms with Crippen LogP contribution in [-0.4, -0.2) is 15.1 Å². The quantitative estimate of drug-likeness (QED) is 0.490. The summed E-state index contributed by atoms with van der Waals surface area (Å²) < 4.78 is 14.5. The highest BCUT2D eigenvalue weighted by Crippen LogP contribution is 2.38. The zero-order valence-electron chi connectivity index (χ0n) is 16.4. The van der Waals surface area contributed by atoms with Crippen molar-refractivity contribution in [3.05, 3.63) is 77.2 Å². The van der Waals surface area contributed by atoms with Crippen molar-refractivity contribution in [1.29, 1.82) is 0 Å². The van der Waals surface area contributed by atoms with Crippen LogP contribution < -0.4 is 15.0 Å². The van der Waals surface area contributed by atoms with E-state index in [-0.39, 0.29) is 5.56 Å². The maximum Gasteiger partial charge on any atom is 0.309 e. The lowest BCUT2D eigenvalue weighted by atomic mass is 10.0. The average molecular weight is 388 g/mol. The van der Waals surface area contributed by atoms with E-state index in [1.807, 2.05) is 54.6 Å². The topological polar surface area (TPSA) is 62.5 Å². The summed E-state index contributed by atoms with van der Waals surface area (Å²) in [7, 11) is 3.41. The number of aryl methyl sites for hydroxylation is 2. The summed E-state index contributed by atoms with van der Waals surface area (Å²) >= 11 is 0. The van der Waals surface area contributed by atoms with Gasteiger partial charge in [0, 0.05) is 49.8 Å². The molecular formula is C23H20N2O4. The molecule has 6 heteroatoms. The van der Waals surface area contributed by atoms with Gasteiger partial charge in [-0.05, 0) is 18.2 Å². The number of carbonyl (C=O) groups excluding carboxylic acids is 1. The van der Waals surface area contributed by atoms with Crippen molar-refractivity contribution >= 4 is 16.9 Å². The number of hydrogen-bond acceptors (Lipinski definition) is 4. The Balaban J connectivity index is 1.94. The molecule has 0 radical (unpaired) electrons. The minimum atomic E-state index is -0.443. The van der Waals surface area contributed by atoms with Gasteiger partial charge >= 0.3 is 5.97 Å². The van der Waals surface area contributed by atoms with Crippen molar-refractivity contribution in [1.82, 2.24) is 9.13 Å². The molecule has 0 aliphatic carbocycles. The van der Waals surface area contributed by atoms with E-state index < -0.39 is 5.97 Å². The number of nitrogens with zero attached hydrogens (tertiary/aromatic N) is 2. The van der Waals surface area contributed by atoms with Crippen LogP contribution in [0.3, 0.4) is 0 Å². The SMILES string of the molecule is CC(=O)Oc1cc2c(-c3ccccc3Oc3ccccc3)cn(C)c(=O)c2n1C. The molecule has 4 aromatic rings. The molecule has 146 valence electrons. The first-order valence-electron chi connectivity index (χ1n) is 9.15. The molecule has 2 aromatic heterocycles. The van der Waals surface area contributed by atoms with Crippen molar-refractivity contribution in [2.24, 2.45) is 14.1 Å². The van der Waals surface area contributed by atoms with E-state index in [0.717, 1.165) is 16.9 Å². The van der Waals surface area contributed by atoms with Crippen LogP contribution in [0.4, 0.5) is 0 Å². The third-order valence-corrected chi connectivity index (χ3v) is 4.72. The van der Waals surface area contributed by atoms with Gasteiger partial charge < -0.3 is 18.6 Å². The Morgan fingerprint density at radius 3 is 2.34 bits per heavy atom. The number of carbonyl (C=O) groups is 1. The zero-order valence-corrected chi connectivity index (χ0v) is 16.4. The molecule has 0 atom stereocenters. The van der Waals surface area contributed by atoms with Gasteiger partial charge in [-0.15, -0.1) is 0 Å². The van der Waals surface area contributed by atoms with Crippen LogP contribution in [0.15, 0.2) is 71.7 Å². The molecule has 0 fully saturated rings. The number of pyridine rings is 1. The molecule has 0 spiro atoms. The molecule has 0 aliphatic heterocycles. The summed E-state index contributed by atoms with van der Waals surface area (Å²) in [6.07, 6.45) is 1.77. The van der Waals surface area contributed by atoms with Gasteiger partial charge in [0.2, 0.25) is 5.88 Å². The fourth-order valence-electron chi connectivity index (χ4n) is 3.39. The molecule has 2 heterocycles. The van der Waals surface area contributed by atoms with Crippen LogP contribution >= 0.6 is 0 Å². The monoisotopic (exact) mass is 388 g/mol. The Morgan fingerprint density at radius 1 is 0.931 bits per heavy atom. The first-order chi connectivity index (χ1) is 14.0. The first-order valence-corrected chi connectivity index (χ1v) is 9.15. The second kappa shape index (κ2) is 7.31. The van der Waals surface area contributed by atoms with Crippen LogP contribution in [0.1, 0.15) is 6.92 Å². The zero-order chi connectivity index (χ0) is 20.5. The lowest BCUT2D eigenvalue weighted by Crippen LogP contribution is -2.18. The maximum absolute atomic E-state index is 12.8. The molecule has 4 rings (SSSR count). The number of esters is 1. The minimum Gasteiger partial charge on any atom is -0.457 e. The molecule has 6 nitrogen and oxygen atoms in total. The normalized spacial score (nSPS) is 10.9. The number of hydrogen-bond donors (Lipinski definition) is 0. The number of benzene rings is 2. The lowest BCUT2D eigenvalue weighted by Gasteiger charge is -2.13. The first kappa shape index (κ1) is 18.6. The van der Waals surface area contributed by atoms with E-state index in [0.29, 0.717) is 22.5 Å². The van der Waals surface area contributed by atoms with Crippen molar-refractivity contribution in [2.75, 3.05) is 0 Å². The highest BCUT2D eigenvalue weighted by molar-refractivity contribution is 5.97. The van der Waals surface area contributed by atoms with Crippen LogP contribution in [0.2, 0.25) is 0 Å². The summed E-state index contributed by atoms with van der Waals surface area (Å²) in [5.74, 6) is 1.26. The van der Waals surface area contributed by atoms with E-state index >= 15 is 0 Å². The molecule has 0 amide bonds. The molecule has 0 aliphatic rings. The molecule has 2 aromatic carbocycles. The van der Waals surface area contributed by atoms with Gasteiger partial charge in [-0.25, -0.2) is 0 Å². The average Bonchev–Trinajstić information content (AvgIpc) is 3.02. The Morgan fingerprint density at radius 2 is 1.62 bits per heavy atom. The summed E-state index contributed by atoms with van der Waals surface area (Å²) in [5, 5.41) is 0.691. The molecule has 0 unspecified atom stereocenters. The summed E-state index contributed by atoms with van der Waals surface area (Å²) in [6.45, 7) is 1.33. The molecule has 0 N–H and O–H groups in total. The number of rotatable bonds is 4. The number of ether oxygens (including phenoxy) is 2. The van der Waals surface area contributed by atoms with Gasteiger partial charge in [-0.1, -0.05) is 36.4 Å². The fraction of sp³-hybridized carbons (Fsp3) is 0.130. The number of para-hydroxylation sites is 2. The van der Waals surface area contributed by atoms with E-state index in [9.17, 15) is 9.59 Å². The summed E-state index contributed by atoms with van der Waals surface area (Å²) in [4.78, 5) is 24.2. The molecule has 0 saturated carbocycles. The van der Waals surface area contributed by atoms with Crippen LogP contribution in [-0.2, 0) is 18.9 Å². The smallest absolute Gasteiger partial charge is 0.309 e. The molecular weight excluding hydrogens is 368 g/mol. The van der Waals surface area contributed by atoms with Crippen molar-refractivity contribution in [3.8, 4) is 28.5 Å². The Hall–Kier alpha value is -3.80. The minimum absolute atomic E-state index is 0.175. The van der Waals surface area contributed by atoms with E-state index in [4.69, 9.17) is 9.47 Å². The van der Waals surface area contributed by atoms with E-state index in [1.54, 1.807) is 30.9 Å². The van der Waals surface area contributed by atoms with Gasteiger partial charge in [-0.3, -0.25) is 9.59 Å². The predicted octanol–water partition coefficient (Wildman–Crippen LogP) is 4.26. The van der Waals surface area contributed by atoms with Crippen molar-refractivity contribution < 1.29 is 14.3 Å². The van der Waals surface area contributed by atoms with Crippen LogP contribution in [0.5, 0.6) is 17.4 Å². The number of aromatic nitrogens is 2. The molecule has 0 bridgehead atoms. The largest absolute Gasteiger partial charge is 0.457 e. The van der Waals surface area contributed by atoms with Gasteiger partial charge in [0.1, 0.15) is 17.0 Å². The van der Waals surface area contributed by atoms with Gasteiger partial charge in [0.15, 0.2) is 0 Å². The lowest BCUT2D eigenvalue weighted by molar-refractivity contribution is -0.132. The Labute approximate surface area is 167 Å². The third-order valence-electron chi connectivity index (χ3n) is 4.72. The highest BCUT2D eigenvalue weighted by atomic mass is 16.5. The second-order valence-corrected chi connectivity index (χ2v) is 6.77. The van der Waals surface area contributed by atoms with Crippen LogP contribution in [0.25, 0.3) is 22.0 Å². The van der Waals surface area contributed by atoms with Crippen molar-refractivity contribution in [2.45, 2.75) is 6.92 Å². The van der Waals surface area contributed by atoms with Gasteiger partial charge in [0.05, 0.1) is 0 Å². The molecule has 0 saturated heterocycles. The summed E-state index contributed by atoms with van der Waals surface area (Å²) in [6, 6.07) is 18.9. The second-order valence-electron chi connectivity index (χ2n) is 6.77. The van der Waals surface area contributed by atoms with E-state index in [1.165, 1.54) is 11.5 Å².